The highest BCUT2D eigenvalue weighted by Gasteiger charge is 2.51. The number of piperidine rings is 1. The summed E-state index contributed by atoms with van der Waals surface area (Å²) in [7, 11) is 2.16. The maximum atomic E-state index is 13.3. The average molecular weight is 575 g/mol. The Morgan fingerprint density at radius 3 is 2.59 bits per heavy atom. The number of nitrogens with zero attached hydrogens (tertiary/aromatic N) is 5. The lowest BCUT2D eigenvalue weighted by atomic mass is 9.69. The second kappa shape index (κ2) is 9.92. The van der Waals surface area contributed by atoms with Crippen molar-refractivity contribution in [1.29, 1.82) is 0 Å². The van der Waals surface area contributed by atoms with Crippen LogP contribution in [0.5, 0.6) is 0 Å². The van der Waals surface area contributed by atoms with Crippen LogP contribution in [0, 0.1) is 26.7 Å². The predicted octanol–water partition coefficient (Wildman–Crippen LogP) is 5.80. The molecule has 3 fully saturated rings. The summed E-state index contributed by atoms with van der Waals surface area (Å²) in [6.45, 7) is 15.7. The van der Waals surface area contributed by atoms with Crippen molar-refractivity contribution in [2.75, 3.05) is 39.8 Å². The van der Waals surface area contributed by atoms with Crippen LogP contribution < -0.4 is 0 Å². The smallest absolute Gasteiger partial charge is 0.225 e. The van der Waals surface area contributed by atoms with Crippen molar-refractivity contribution in [1.82, 2.24) is 29.4 Å². The third kappa shape index (κ3) is 4.34. The first kappa shape index (κ1) is 27.1. The highest BCUT2D eigenvalue weighted by atomic mass is 32.1. The highest BCUT2D eigenvalue weighted by molar-refractivity contribution is 7.19. The first-order valence-electron chi connectivity index (χ1n) is 15.2. The zero-order chi connectivity index (χ0) is 28.6. The number of nitrogens with one attached hydrogen (secondary N) is 1. The van der Waals surface area contributed by atoms with Gasteiger partial charge in [0.2, 0.25) is 5.91 Å². The number of hydrogen-bond donors (Lipinski definition) is 1. The Kier molecular flexibility index (Phi) is 6.56. The number of likely N-dealkylation sites (tertiary alicyclic amines) is 1. The molecule has 9 heteroatoms. The van der Waals surface area contributed by atoms with E-state index in [-0.39, 0.29) is 11.5 Å². The molecule has 1 amide bonds. The highest BCUT2D eigenvalue weighted by Crippen LogP contribution is 2.48. The molecule has 0 unspecified atom stereocenters. The molecule has 4 aromatic heterocycles. The number of aryl methyl sites for hydroxylation is 2. The zero-order valence-electron chi connectivity index (χ0n) is 25.2. The molecule has 8 nitrogen and oxygen atoms in total. The van der Waals surface area contributed by atoms with E-state index in [0.717, 1.165) is 64.1 Å². The number of fused-ring (bicyclic) bond motifs is 2. The number of H-pyrrole nitrogens is 1. The molecule has 7 rings (SSSR count). The number of aromatic nitrogens is 4. The van der Waals surface area contributed by atoms with E-state index < -0.39 is 0 Å². The van der Waals surface area contributed by atoms with E-state index in [4.69, 9.17) is 4.74 Å². The standard InChI is InChI=1S/C32H42N6O2S/c1-18(2)25-26-21(5)28(41-30(26)35-27(25)24-15-38-29(33-17-34-38)20(4)19(24)3)22-7-9-37(10-8-22)31(39)23-13-32(14-23)16-36(6)11-12-40-32/h15,17-18,22-23,35H,7-14,16H2,1-6H3/t23-,32-. The molecule has 2 saturated heterocycles. The molecule has 0 aromatic carbocycles. The number of likely N-dealkylation sites (N-methyl/N-ethyl adjacent to an activating group) is 1. The van der Waals surface area contributed by atoms with Crippen molar-refractivity contribution in [3.05, 3.63) is 39.7 Å². The van der Waals surface area contributed by atoms with Gasteiger partial charge < -0.3 is 19.5 Å². The van der Waals surface area contributed by atoms with Gasteiger partial charge in [0.25, 0.3) is 0 Å². The number of ether oxygens (including phenoxy) is 1. The van der Waals surface area contributed by atoms with Crippen molar-refractivity contribution in [3.63, 3.8) is 0 Å². The molecular weight excluding hydrogens is 532 g/mol. The van der Waals surface area contributed by atoms with Crippen molar-refractivity contribution in [3.8, 4) is 11.3 Å². The minimum atomic E-state index is -0.0773. The number of carbonyl (C=O) groups is 1. The van der Waals surface area contributed by atoms with Gasteiger partial charge in [-0.25, -0.2) is 9.50 Å². The van der Waals surface area contributed by atoms with Gasteiger partial charge >= 0.3 is 0 Å². The summed E-state index contributed by atoms with van der Waals surface area (Å²) in [5, 5.41) is 5.83. The molecule has 2 aliphatic heterocycles. The largest absolute Gasteiger partial charge is 0.372 e. The minimum Gasteiger partial charge on any atom is -0.372 e. The number of rotatable bonds is 4. The number of amides is 1. The van der Waals surface area contributed by atoms with Crippen molar-refractivity contribution < 1.29 is 9.53 Å². The molecule has 41 heavy (non-hydrogen) atoms. The van der Waals surface area contributed by atoms with Crippen LogP contribution in [0.25, 0.3) is 27.1 Å². The molecule has 0 bridgehead atoms. The van der Waals surface area contributed by atoms with Crippen molar-refractivity contribution >= 4 is 33.1 Å². The number of thiophene rings is 1. The molecule has 1 N–H and O–H groups in total. The Hall–Kier alpha value is -2.75. The summed E-state index contributed by atoms with van der Waals surface area (Å²) >= 11 is 1.92. The summed E-state index contributed by atoms with van der Waals surface area (Å²) in [4.78, 5) is 28.9. The van der Waals surface area contributed by atoms with Gasteiger partial charge in [-0.05, 0) is 87.6 Å². The number of hydrogen-bond acceptors (Lipinski definition) is 6. The maximum absolute atomic E-state index is 13.3. The van der Waals surface area contributed by atoms with Crippen LogP contribution in [0.3, 0.4) is 0 Å². The molecule has 1 aliphatic carbocycles. The van der Waals surface area contributed by atoms with E-state index >= 15 is 0 Å². The van der Waals surface area contributed by atoms with Crippen LogP contribution in [0.1, 0.15) is 78.5 Å². The van der Waals surface area contributed by atoms with E-state index in [9.17, 15) is 4.79 Å². The summed E-state index contributed by atoms with van der Waals surface area (Å²) in [5.74, 6) is 1.37. The first-order chi connectivity index (χ1) is 19.7. The van der Waals surface area contributed by atoms with E-state index in [0.29, 0.717) is 17.7 Å². The summed E-state index contributed by atoms with van der Waals surface area (Å²) in [6, 6.07) is 0. The van der Waals surface area contributed by atoms with Gasteiger partial charge in [-0.2, -0.15) is 5.10 Å². The van der Waals surface area contributed by atoms with Crippen LogP contribution in [0.4, 0.5) is 0 Å². The quantitative estimate of drug-likeness (QED) is 0.333. The van der Waals surface area contributed by atoms with Crippen LogP contribution in [-0.2, 0) is 9.53 Å². The topological polar surface area (TPSA) is 78.8 Å². The van der Waals surface area contributed by atoms with Gasteiger partial charge in [-0.3, -0.25) is 4.79 Å². The monoisotopic (exact) mass is 574 g/mol. The fraction of sp³-hybridized carbons (Fsp3) is 0.594. The van der Waals surface area contributed by atoms with E-state index in [1.807, 2.05) is 15.9 Å². The normalized spacial score (nSPS) is 24.3. The Bertz CT molecular complexity index is 1630. The van der Waals surface area contributed by atoms with Gasteiger partial charge in [-0.15, -0.1) is 11.3 Å². The summed E-state index contributed by atoms with van der Waals surface area (Å²) in [5.41, 5.74) is 8.47. The summed E-state index contributed by atoms with van der Waals surface area (Å²) in [6.07, 6.45) is 7.60. The van der Waals surface area contributed by atoms with Gasteiger partial charge in [-0.1, -0.05) is 13.8 Å². The fourth-order valence-corrected chi connectivity index (χ4v) is 9.19. The predicted molar refractivity (Wildman–Crippen MR) is 164 cm³/mol. The second-order valence-electron chi connectivity index (χ2n) is 13.2. The maximum Gasteiger partial charge on any atom is 0.225 e. The van der Waals surface area contributed by atoms with Crippen LogP contribution >= 0.6 is 11.3 Å². The molecule has 4 aromatic rings. The minimum absolute atomic E-state index is 0.0773. The molecule has 3 aliphatic rings. The van der Waals surface area contributed by atoms with Crippen LogP contribution in [0.2, 0.25) is 0 Å². The molecule has 1 saturated carbocycles. The fourth-order valence-electron chi connectivity index (χ4n) is 7.80. The van der Waals surface area contributed by atoms with E-state index in [2.05, 4.69) is 72.7 Å². The third-order valence-corrected chi connectivity index (χ3v) is 11.5. The Balaban J connectivity index is 1.10. The van der Waals surface area contributed by atoms with Gasteiger partial charge in [0.1, 0.15) is 11.2 Å². The lowest BCUT2D eigenvalue weighted by Gasteiger charge is -2.52. The SMILES string of the molecule is Cc1c(-c2[nH]c3sc(C4CCN(C(=O)[C@H]5C[C@@]6(CN(C)CCO6)C5)CC4)c(C)c3c2C(C)C)cn2ncnc2c1C. The summed E-state index contributed by atoms with van der Waals surface area (Å²) < 4.78 is 8.02. The number of aromatic amines is 1. The van der Waals surface area contributed by atoms with E-state index in [1.165, 1.54) is 48.6 Å². The first-order valence-corrected chi connectivity index (χ1v) is 16.0. The second-order valence-corrected chi connectivity index (χ2v) is 14.2. The lowest BCUT2D eigenvalue weighted by Crippen LogP contribution is -2.60. The van der Waals surface area contributed by atoms with Gasteiger partial charge in [0.05, 0.1) is 17.9 Å². The zero-order valence-corrected chi connectivity index (χ0v) is 26.0. The van der Waals surface area contributed by atoms with E-state index in [1.54, 1.807) is 6.33 Å². The van der Waals surface area contributed by atoms with Crippen molar-refractivity contribution in [2.24, 2.45) is 5.92 Å². The Morgan fingerprint density at radius 1 is 1.12 bits per heavy atom. The Labute approximate surface area is 246 Å². The molecule has 218 valence electrons. The Morgan fingerprint density at radius 2 is 1.88 bits per heavy atom. The number of pyridine rings is 1. The molecule has 6 heterocycles. The molecule has 0 radical (unpaired) electrons. The molecule has 1 spiro atoms. The average Bonchev–Trinajstić information content (AvgIpc) is 3.64. The van der Waals surface area contributed by atoms with Gasteiger partial charge in [0, 0.05) is 54.1 Å². The number of morpholine rings is 1. The van der Waals surface area contributed by atoms with Crippen molar-refractivity contribution in [2.45, 2.75) is 77.7 Å². The van der Waals surface area contributed by atoms with Crippen LogP contribution in [0.15, 0.2) is 12.5 Å². The van der Waals surface area contributed by atoms with Crippen LogP contribution in [-0.4, -0.2) is 80.7 Å². The molecular formula is C32H42N6O2S. The molecule has 0 atom stereocenters. The lowest BCUT2D eigenvalue weighted by molar-refractivity contribution is -0.183. The number of carbonyl (C=O) groups excluding carboxylic acids is 1. The third-order valence-electron chi connectivity index (χ3n) is 10.1. The van der Waals surface area contributed by atoms with Gasteiger partial charge in [0.15, 0.2) is 5.65 Å².